The minimum absolute atomic E-state index is 0.0599. The van der Waals surface area contributed by atoms with E-state index < -0.39 is 101 Å². The monoisotopic (exact) mass is 635 g/mol. The second-order valence-corrected chi connectivity index (χ2v) is 13.9. The second-order valence-electron chi connectivity index (χ2n) is 13.9. The van der Waals surface area contributed by atoms with Crippen LogP contribution in [0.4, 0.5) is 23.7 Å². The van der Waals surface area contributed by atoms with Crippen molar-refractivity contribution in [3.63, 3.8) is 0 Å². The topological polar surface area (TPSA) is 160 Å². The SMILES string of the molecule is COC(=O)N[C@H](C(=O)N1C[C@@H]2[C@H]3C[C@@H]([C@@H]2[C@H]1C(=O)N1C[C@@]2(C[C@H]1C(N)=O)Oc1cc(F)cc(F)c1NC2=O)[C@H](F)C3)C(C)(C)C. The molecule has 12 nitrogen and oxygen atoms in total. The van der Waals surface area contributed by atoms with Gasteiger partial charge in [0.1, 0.15) is 35.8 Å². The maximum atomic E-state index is 15.2. The number of hydrogen-bond acceptors (Lipinski definition) is 7. The van der Waals surface area contributed by atoms with Gasteiger partial charge in [0, 0.05) is 25.1 Å². The number of hydrogen-bond donors (Lipinski definition) is 3. The number of halogens is 3. The number of nitrogens with zero attached hydrogens (tertiary/aromatic N) is 2. The summed E-state index contributed by atoms with van der Waals surface area (Å²) in [5.41, 5.74) is 2.59. The van der Waals surface area contributed by atoms with E-state index >= 15 is 4.39 Å². The molecule has 15 heteroatoms. The number of ether oxygens (including phenoxy) is 2. The summed E-state index contributed by atoms with van der Waals surface area (Å²) in [6.07, 6.45) is -1.58. The van der Waals surface area contributed by atoms with Gasteiger partial charge in [-0.1, -0.05) is 20.8 Å². The molecule has 244 valence electrons. The molecule has 0 unspecified atom stereocenters. The van der Waals surface area contributed by atoms with E-state index in [-0.39, 0.29) is 29.8 Å². The zero-order valence-electron chi connectivity index (χ0n) is 25.3. The van der Waals surface area contributed by atoms with Gasteiger partial charge in [0.25, 0.3) is 5.91 Å². The quantitative estimate of drug-likeness (QED) is 0.454. The first-order valence-corrected chi connectivity index (χ1v) is 14.9. The Labute approximate surface area is 257 Å². The number of nitrogens with one attached hydrogen (secondary N) is 2. The van der Waals surface area contributed by atoms with Gasteiger partial charge in [0.15, 0.2) is 11.6 Å². The van der Waals surface area contributed by atoms with Gasteiger partial charge in [-0.05, 0) is 41.9 Å². The van der Waals surface area contributed by atoms with Gasteiger partial charge in [-0.25, -0.2) is 18.0 Å². The third-order valence-electron chi connectivity index (χ3n) is 10.3. The van der Waals surface area contributed by atoms with Crippen molar-refractivity contribution in [3.8, 4) is 5.75 Å². The molecule has 2 saturated heterocycles. The van der Waals surface area contributed by atoms with Gasteiger partial charge < -0.3 is 35.6 Å². The van der Waals surface area contributed by atoms with Crippen LogP contribution in [0, 0.1) is 40.7 Å². The number of likely N-dealkylation sites (tertiary alicyclic amines) is 2. The number of fused-ring (bicyclic) bond motifs is 6. The van der Waals surface area contributed by atoms with E-state index in [1.165, 1.54) is 4.90 Å². The number of carbonyl (C=O) groups is 5. The normalized spacial score (nSPS) is 33.8. The number of methoxy groups -OCH3 is 1. The molecule has 2 aliphatic carbocycles. The number of nitrogens with two attached hydrogens (primary N) is 1. The molecule has 5 aliphatic rings. The Morgan fingerprint density at radius 2 is 1.87 bits per heavy atom. The van der Waals surface area contributed by atoms with E-state index in [1.807, 2.05) is 0 Å². The first-order valence-electron chi connectivity index (χ1n) is 14.9. The van der Waals surface area contributed by atoms with Gasteiger partial charge in [0.2, 0.25) is 23.3 Å². The van der Waals surface area contributed by atoms with Crippen molar-refractivity contribution < 1.29 is 46.6 Å². The lowest BCUT2D eigenvalue weighted by Crippen LogP contribution is -2.60. The van der Waals surface area contributed by atoms with Crippen molar-refractivity contribution in [1.29, 1.82) is 0 Å². The van der Waals surface area contributed by atoms with Gasteiger partial charge in [-0.15, -0.1) is 0 Å². The molecule has 45 heavy (non-hydrogen) atoms. The van der Waals surface area contributed by atoms with Gasteiger partial charge in [-0.3, -0.25) is 19.2 Å². The van der Waals surface area contributed by atoms with E-state index in [9.17, 15) is 32.8 Å². The molecule has 1 spiro atoms. The predicted molar refractivity (Wildman–Crippen MR) is 150 cm³/mol. The van der Waals surface area contributed by atoms with Crippen LogP contribution in [-0.2, 0) is 23.9 Å². The molecule has 0 aromatic heterocycles. The fourth-order valence-corrected chi connectivity index (χ4v) is 8.24. The van der Waals surface area contributed by atoms with Crippen LogP contribution in [0.3, 0.4) is 0 Å². The number of benzene rings is 1. The van der Waals surface area contributed by atoms with E-state index in [4.69, 9.17) is 15.2 Å². The van der Waals surface area contributed by atoms with Crippen molar-refractivity contribution in [2.45, 2.75) is 69.9 Å². The Bertz CT molecular complexity index is 1490. The average Bonchev–Trinajstić information content (AvgIpc) is 3.71. The maximum absolute atomic E-state index is 15.2. The van der Waals surface area contributed by atoms with Crippen LogP contribution in [-0.4, -0.2) is 89.6 Å². The van der Waals surface area contributed by atoms with Crippen molar-refractivity contribution >= 4 is 35.4 Å². The lowest BCUT2D eigenvalue weighted by Gasteiger charge is -2.39. The largest absolute Gasteiger partial charge is 0.473 e. The molecule has 6 rings (SSSR count). The van der Waals surface area contributed by atoms with Crippen LogP contribution in [0.25, 0.3) is 0 Å². The number of primary amides is 1. The molecule has 0 radical (unpaired) electrons. The van der Waals surface area contributed by atoms with Crippen molar-refractivity contribution in [2.24, 2.45) is 34.8 Å². The molecule has 4 fully saturated rings. The summed E-state index contributed by atoms with van der Waals surface area (Å²) in [6.45, 7) is 4.81. The van der Waals surface area contributed by atoms with Crippen molar-refractivity contribution in [3.05, 3.63) is 23.8 Å². The highest BCUT2D eigenvalue weighted by Gasteiger charge is 2.65. The summed E-state index contributed by atoms with van der Waals surface area (Å²) >= 11 is 0. The highest BCUT2D eigenvalue weighted by molar-refractivity contribution is 6.04. The molecule has 4 N–H and O–H groups in total. The first-order chi connectivity index (χ1) is 21.1. The van der Waals surface area contributed by atoms with Crippen LogP contribution in [0.15, 0.2) is 12.1 Å². The van der Waals surface area contributed by atoms with E-state index in [0.29, 0.717) is 18.9 Å². The molecular formula is C30H36F3N5O7. The lowest BCUT2D eigenvalue weighted by molar-refractivity contribution is -0.150. The molecule has 2 saturated carbocycles. The first kappa shape index (κ1) is 31.0. The van der Waals surface area contributed by atoms with Crippen molar-refractivity contribution in [1.82, 2.24) is 15.1 Å². The van der Waals surface area contributed by atoms with Gasteiger partial charge >= 0.3 is 6.09 Å². The summed E-state index contributed by atoms with van der Waals surface area (Å²) in [4.78, 5) is 69.6. The number of alkyl halides is 1. The second kappa shape index (κ2) is 10.5. The van der Waals surface area contributed by atoms with Crippen LogP contribution < -0.4 is 21.1 Å². The zero-order chi connectivity index (χ0) is 32.7. The maximum Gasteiger partial charge on any atom is 0.407 e. The van der Waals surface area contributed by atoms with Crippen LogP contribution in [0.5, 0.6) is 5.75 Å². The fourth-order valence-electron chi connectivity index (χ4n) is 8.24. The number of alkyl carbamates (subject to hydrolysis) is 1. The summed E-state index contributed by atoms with van der Waals surface area (Å²) in [6, 6.07) is -2.28. The molecule has 1 aromatic rings. The molecular weight excluding hydrogens is 599 g/mol. The fraction of sp³-hybridized carbons (Fsp3) is 0.633. The molecule has 1 aromatic carbocycles. The minimum Gasteiger partial charge on any atom is -0.473 e. The summed E-state index contributed by atoms with van der Waals surface area (Å²) in [7, 11) is 1.16. The minimum atomic E-state index is -1.92. The third-order valence-corrected chi connectivity index (χ3v) is 10.3. The highest BCUT2D eigenvalue weighted by Crippen LogP contribution is 2.59. The molecule has 3 aliphatic heterocycles. The molecule has 5 amide bonds. The predicted octanol–water partition coefficient (Wildman–Crippen LogP) is 1.71. The highest BCUT2D eigenvalue weighted by atomic mass is 19.1. The zero-order valence-corrected chi connectivity index (χ0v) is 25.3. The Morgan fingerprint density at radius 1 is 1.16 bits per heavy atom. The van der Waals surface area contributed by atoms with Gasteiger partial charge in [-0.2, -0.15) is 0 Å². The molecule has 3 heterocycles. The standard InChI is InChI=1S/C30H36F3N5O7/c1-29(2,3)23(36-28(43)44-4)26(41)37-10-15-12-5-14(16(32)6-12)20(15)22(37)25(40)38-11-30(9-18(38)24(34)39)27(42)35-21-17(33)7-13(31)8-19(21)45-30/h7-8,12,14-16,18,20,22-23H,5-6,9-11H2,1-4H3,(H2,34,39)(H,35,42)(H,36,43)/t12-,14+,15+,16+,18-,20-,22-,23+,30+/m0/s1. The van der Waals surface area contributed by atoms with Crippen LogP contribution >= 0.6 is 0 Å². The molecule has 9 atom stereocenters. The molecule has 2 bridgehead atoms. The summed E-state index contributed by atoms with van der Waals surface area (Å²) < 4.78 is 54.3. The Morgan fingerprint density at radius 3 is 2.51 bits per heavy atom. The smallest absolute Gasteiger partial charge is 0.407 e. The number of amides is 5. The van der Waals surface area contributed by atoms with Crippen LogP contribution in [0.1, 0.15) is 40.0 Å². The number of carbonyl (C=O) groups excluding carboxylic acids is 5. The van der Waals surface area contributed by atoms with E-state index in [1.54, 1.807) is 20.8 Å². The Balaban J connectivity index is 1.37. The number of anilines is 1. The summed E-state index contributed by atoms with van der Waals surface area (Å²) in [5, 5.41) is 4.92. The van der Waals surface area contributed by atoms with Gasteiger partial charge in [0.05, 0.1) is 13.7 Å². The average molecular weight is 636 g/mol. The number of rotatable bonds is 4. The third kappa shape index (κ3) is 4.85. The Kier molecular flexibility index (Phi) is 7.23. The lowest BCUT2D eigenvalue weighted by atomic mass is 9.77. The van der Waals surface area contributed by atoms with E-state index in [2.05, 4.69) is 10.6 Å². The Hall–Kier alpha value is -4.04. The van der Waals surface area contributed by atoms with E-state index in [0.717, 1.165) is 18.1 Å². The van der Waals surface area contributed by atoms with Crippen LogP contribution in [0.2, 0.25) is 0 Å². The summed E-state index contributed by atoms with van der Waals surface area (Å²) in [5.74, 6) is -6.83. The van der Waals surface area contributed by atoms with Crippen molar-refractivity contribution in [2.75, 3.05) is 25.5 Å².